The highest BCUT2D eigenvalue weighted by atomic mass is 32.2. The van der Waals surface area contributed by atoms with Crippen LogP contribution in [0, 0.1) is 0 Å². The van der Waals surface area contributed by atoms with Gasteiger partial charge in [0.15, 0.2) is 0 Å². The van der Waals surface area contributed by atoms with Gasteiger partial charge in [-0.05, 0) is 38.0 Å². The Labute approximate surface area is 109 Å². The molecule has 3 nitrogen and oxygen atoms in total. The molecule has 2 rings (SSSR count). The van der Waals surface area contributed by atoms with Gasteiger partial charge in [-0.3, -0.25) is 4.90 Å². The molecule has 17 heavy (non-hydrogen) atoms. The standard InChI is InChI=1S/C13H26N2OS/c1-11-13(5-10-17-11)15-7-3-12(4-8-15)16-9-2-6-14/h11-13H,2-10,14H2,1H3. The van der Waals surface area contributed by atoms with Crippen molar-refractivity contribution >= 4 is 11.8 Å². The van der Waals surface area contributed by atoms with Gasteiger partial charge in [0, 0.05) is 31.0 Å². The maximum atomic E-state index is 5.85. The summed E-state index contributed by atoms with van der Waals surface area (Å²) in [5, 5.41) is 0.824. The Morgan fingerprint density at radius 3 is 2.65 bits per heavy atom. The lowest BCUT2D eigenvalue weighted by Crippen LogP contribution is -2.45. The number of likely N-dealkylation sites (tertiary alicyclic amines) is 1. The van der Waals surface area contributed by atoms with Crippen LogP contribution in [0.4, 0.5) is 0 Å². The molecule has 0 amide bonds. The van der Waals surface area contributed by atoms with E-state index in [1.54, 1.807) is 0 Å². The molecule has 4 heteroatoms. The Balaban J connectivity index is 1.67. The Hall–Kier alpha value is 0.230. The SMILES string of the molecule is CC1SCCC1N1CCC(OCCCN)CC1. The second-order valence-corrected chi connectivity index (χ2v) is 6.67. The zero-order valence-electron chi connectivity index (χ0n) is 10.9. The van der Waals surface area contributed by atoms with Gasteiger partial charge in [-0.25, -0.2) is 0 Å². The van der Waals surface area contributed by atoms with E-state index < -0.39 is 0 Å². The number of nitrogens with two attached hydrogens (primary N) is 1. The first-order valence-electron chi connectivity index (χ1n) is 6.98. The summed E-state index contributed by atoms with van der Waals surface area (Å²) in [5.74, 6) is 1.35. The van der Waals surface area contributed by atoms with E-state index >= 15 is 0 Å². The summed E-state index contributed by atoms with van der Waals surface area (Å²) in [6.07, 6.45) is 5.28. The molecule has 2 N–H and O–H groups in total. The molecule has 0 aromatic heterocycles. The Bertz CT molecular complexity index is 219. The van der Waals surface area contributed by atoms with Gasteiger partial charge >= 0.3 is 0 Å². The van der Waals surface area contributed by atoms with Crippen LogP contribution >= 0.6 is 11.8 Å². The number of rotatable bonds is 5. The molecule has 0 bridgehead atoms. The van der Waals surface area contributed by atoms with Gasteiger partial charge in [-0.15, -0.1) is 0 Å². The molecule has 2 unspecified atom stereocenters. The topological polar surface area (TPSA) is 38.5 Å². The molecule has 2 heterocycles. The zero-order valence-corrected chi connectivity index (χ0v) is 11.8. The van der Waals surface area contributed by atoms with Crippen molar-refractivity contribution in [3.8, 4) is 0 Å². The molecule has 2 atom stereocenters. The third-order valence-corrected chi connectivity index (χ3v) is 5.30. The first-order chi connectivity index (χ1) is 8.31. The number of piperidine rings is 1. The highest BCUT2D eigenvalue weighted by molar-refractivity contribution is 8.00. The van der Waals surface area contributed by atoms with Crippen LogP contribution in [-0.2, 0) is 4.74 Å². The molecular formula is C13H26N2OS. The van der Waals surface area contributed by atoms with Crippen molar-refractivity contribution in [1.82, 2.24) is 4.90 Å². The van der Waals surface area contributed by atoms with Crippen molar-refractivity contribution in [3.63, 3.8) is 0 Å². The summed E-state index contributed by atoms with van der Waals surface area (Å²) < 4.78 is 5.85. The van der Waals surface area contributed by atoms with Gasteiger partial charge in [-0.1, -0.05) is 6.92 Å². The van der Waals surface area contributed by atoms with Gasteiger partial charge in [0.25, 0.3) is 0 Å². The van der Waals surface area contributed by atoms with Crippen LogP contribution in [0.1, 0.15) is 32.6 Å². The van der Waals surface area contributed by atoms with E-state index in [4.69, 9.17) is 10.5 Å². The fraction of sp³-hybridized carbons (Fsp3) is 1.00. The van der Waals surface area contributed by atoms with Crippen LogP contribution < -0.4 is 5.73 Å². The molecule has 100 valence electrons. The van der Waals surface area contributed by atoms with Crippen molar-refractivity contribution in [1.29, 1.82) is 0 Å². The minimum atomic E-state index is 0.488. The summed E-state index contributed by atoms with van der Waals surface area (Å²) in [4.78, 5) is 2.69. The van der Waals surface area contributed by atoms with Crippen LogP contribution in [0.15, 0.2) is 0 Å². The number of hydrogen-bond acceptors (Lipinski definition) is 4. The second-order valence-electron chi connectivity index (χ2n) is 5.18. The summed E-state index contributed by atoms with van der Waals surface area (Å²) in [5.41, 5.74) is 5.47. The Kier molecular flexibility index (Phi) is 5.60. The summed E-state index contributed by atoms with van der Waals surface area (Å²) in [7, 11) is 0. The molecule has 2 aliphatic rings. The minimum absolute atomic E-state index is 0.488. The summed E-state index contributed by atoms with van der Waals surface area (Å²) >= 11 is 2.13. The number of hydrogen-bond donors (Lipinski definition) is 1. The molecule has 0 aliphatic carbocycles. The lowest BCUT2D eigenvalue weighted by Gasteiger charge is -2.37. The summed E-state index contributed by atoms with van der Waals surface area (Å²) in [6.45, 7) is 6.42. The number of ether oxygens (including phenoxy) is 1. The van der Waals surface area contributed by atoms with Crippen LogP contribution in [0.25, 0.3) is 0 Å². The number of nitrogens with zero attached hydrogens (tertiary/aromatic N) is 1. The van der Waals surface area contributed by atoms with Gasteiger partial charge in [-0.2, -0.15) is 11.8 Å². The smallest absolute Gasteiger partial charge is 0.0599 e. The predicted octanol–water partition coefficient (Wildman–Crippen LogP) is 1.71. The maximum Gasteiger partial charge on any atom is 0.0599 e. The van der Waals surface area contributed by atoms with Gasteiger partial charge in [0.1, 0.15) is 0 Å². The van der Waals surface area contributed by atoms with Crippen LogP contribution in [0.5, 0.6) is 0 Å². The molecule has 0 saturated carbocycles. The largest absolute Gasteiger partial charge is 0.378 e. The Morgan fingerprint density at radius 1 is 1.29 bits per heavy atom. The normalized spacial score (nSPS) is 32.1. The van der Waals surface area contributed by atoms with E-state index in [9.17, 15) is 0 Å². The molecule has 0 radical (unpaired) electrons. The van der Waals surface area contributed by atoms with Gasteiger partial charge in [0.05, 0.1) is 6.10 Å². The Morgan fingerprint density at radius 2 is 2.06 bits per heavy atom. The third-order valence-electron chi connectivity index (χ3n) is 3.98. The predicted molar refractivity (Wildman–Crippen MR) is 74.5 cm³/mol. The molecule has 2 saturated heterocycles. The first-order valence-corrected chi connectivity index (χ1v) is 8.03. The highest BCUT2D eigenvalue weighted by Crippen LogP contribution is 2.32. The van der Waals surface area contributed by atoms with Crippen LogP contribution in [-0.4, -0.2) is 54.3 Å². The fourth-order valence-electron chi connectivity index (χ4n) is 2.91. The van der Waals surface area contributed by atoms with Crippen molar-refractivity contribution < 1.29 is 4.74 Å². The molecule has 0 spiro atoms. The van der Waals surface area contributed by atoms with Crippen molar-refractivity contribution in [2.45, 2.75) is 50.0 Å². The molecule has 2 fully saturated rings. The van der Waals surface area contributed by atoms with E-state index in [1.807, 2.05) is 0 Å². The van der Waals surface area contributed by atoms with E-state index in [2.05, 4.69) is 23.6 Å². The van der Waals surface area contributed by atoms with Crippen molar-refractivity contribution in [2.75, 3.05) is 32.0 Å². The third kappa shape index (κ3) is 3.85. The highest BCUT2D eigenvalue weighted by Gasteiger charge is 2.32. The molecular weight excluding hydrogens is 232 g/mol. The van der Waals surface area contributed by atoms with Crippen LogP contribution in [0.2, 0.25) is 0 Å². The van der Waals surface area contributed by atoms with E-state index in [0.717, 1.165) is 30.9 Å². The quantitative estimate of drug-likeness (QED) is 0.762. The maximum absolute atomic E-state index is 5.85. The first kappa shape index (κ1) is 13.7. The lowest BCUT2D eigenvalue weighted by atomic mass is 10.0. The number of thioether (sulfide) groups is 1. The van der Waals surface area contributed by atoms with Crippen LogP contribution in [0.3, 0.4) is 0 Å². The molecule has 2 aliphatic heterocycles. The zero-order chi connectivity index (χ0) is 12.1. The molecule has 0 aromatic rings. The molecule has 0 aromatic carbocycles. The van der Waals surface area contributed by atoms with Gasteiger partial charge in [0.2, 0.25) is 0 Å². The van der Waals surface area contributed by atoms with Gasteiger partial charge < -0.3 is 10.5 Å². The lowest BCUT2D eigenvalue weighted by molar-refractivity contribution is -0.00166. The average Bonchev–Trinajstić information content (AvgIpc) is 2.77. The summed E-state index contributed by atoms with van der Waals surface area (Å²) in [6, 6.07) is 0.824. The van der Waals surface area contributed by atoms with E-state index in [0.29, 0.717) is 6.10 Å². The minimum Gasteiger partial charge on any atom is -0.378 e. The van der Waals surface area contributed by atoms with E-state index in [1.165, 1.54) is 38.1 Å². The van der Waals surface area contributed by atoms with Crippen molar-refractivity contribution in [3.05, 3.63) is 0 Å². The van der Waals surface area contributed by atoms with E-state index in [-0.39, 0.29) is 0 Å². The fourth-order valence-corrected chi connectivity index (χ4v) is 4.19. The monoisotopic (exact) mass is 258 g/mol. The van der Waals surface area contributed by atoms with Crippen molar-refractivity contribution in [2.24, 2.45) is 5.73 Å². The average molecular weight is 258 g/mol. The second kappa shape index (κ2) is 6.98.